The van der Waals surface area contributed by atoms with Gasteiger partial charge >= 0.3 is 0 Å². The molecule has 0 unspecified atom stereocenters. The van der Waals surface area contributed by atoms with E-state index in [1.165, 1.54) is 0 Å². The van der Waals surface area contributed by atoms with E-state index in [1.807, 2.05) is 103 Å². The van der Waals surface area contributed by atoms with E-state index in [9.17, 15) is 0 Å². The average Bonchev–Trinajstić information content (AvgIpc) is 3.77. The summed E-state index contributed by atoms with van der Waals surface area (Å²) in [6.07, 6.45) is 0. The highest BCUT2D eigenvalue weighted by Crippen LogP contribution is 2.41. The zero-order valence-electron chi connectivity index (χ0n) is 26.7. The molecule has 0 N–H and O–H groups in total. The van der Waals surface area contributed by atoms with Crippen LogP contribution in [0.15, 0.2) is 173 Å². The minimum Gasteiger partial charge on any atom is -0.456 e. The third-order valence-electron chi connectivity index (χ3n) is 9.35. The smallest absolute Gasteiger partial charge is 0.167 e. The number of hydrogen-bond donors (Lipinski definition) is 0. The molecular weight excluding hydrogens is 615 g/mol. The van der Waals surface area contributed by atoms with E-state index in [0.29, 0.717) is 17.5 Å². The summed E-state index contributed by atoms with van der Waals surface area (Å²) in [4.78, 5) is 15.1. The molecule has 0 radical (unpaired) electrons. The van der Waals surface area contributed by atoms with Crippen molar-refractivity contribution in [1.82, 2.24) is 15.0 Å². The summed E-state index contributed by atoms with van der Waals surface area (Å²) in [7, 11) is 0. The first-order valence-electron chi connectivity index (χ1n) is 16.6. The fourth-order valence-electron chi connectivity index (χ4n) is 6.97. The van der Waals surface area contributed by atoms with Crippen LogP contribution in [0.4, 0.5) is 0 Å². The molecule has 0 fully saturated rings. The molecule has 0 atom stereocenters. The molecule has 0 aliphatic rings. The van der Waals surface area contributed by atoms with Gasteiger partial charge in [-0.2, -0.15) is 0 Å². The Morgan fingerprint density at radius 2 is 0.920 bits per heavy atom. The van der Waals surface area contributed by atoms with Crippen LogP contribution in [0.3, 0.4) is 0 Å². The molecule has 0 spiro atoms. The van der Waals surface area contributed by atoms with Gasteiger partial charge in [-0.05, 0) is 58.7 Å². The number of fused-ring (bicyclic) bond motifs is 6. The second-order valence-corrected chi connectivity index (χ2v) is 12.4. The lowest BCUT2D eigenvalue weighted by atomic mass is 9.97. The van der Waals surface area contributed by atoms with Crippen molar-refractivity contribution in [2.24, 2.45) is 0 Å². The van der Waals surface area contributed by atoms with Crippen molar-refractivity contribution in [2.75, 3.05) is 0 Å². The van der Waals surface area contributed by atoms with Gasteiger partial charge in [0.05, 0.1) is 5.56 Å². The first-order valence-corrected chi connectivity index (χ1v) is 16.6. The molecule has 10 aromatic rings. The van der Waals surface area contributed by atoms with Crippen LogP contribution in [0.2, 0.25) is 0 Å². The second kappa shape index (κ2) is 11.4. The molecule has 0 bridgehead atoms. The van der Waals surface area contributed by atoms with Gasteiger partial charge in [0.2, 0.25) is 0 Å². The fraction of sp³-hybridized carbons (Fsp3) is 0. The summed E-state index contributed by atoms with van der Waals surface area (Å²) in [5.74, 6) is 1.75. The van der Waals surface area contributed by atoms with Crippen LogP contribution in [0.1, 0.15) is 0 Å². The summed E-state index contributed by atoms with van der Waals surface area (Å²) >= 11 is 0. The topological polar surface area (TPSA) is 65.0 Å². The number of rotatable bonds is 5. The SMILES string of the molecule is c1ccc(-c2cccc(-c3nc(-c4ccccc4)nc(-c4cccc5c4oc4cccc(-c6ccc7c(c6)oc6ccccc67)c45)n3)c2)cc1. The molecule has 3 heterocycles. The lowest BCUT2D eigenvalue weighted by molar-refractivity contribution is 0.668. The van der Waals surface area contributed by atoms with Gasteiger partial charge in [-0.25, -0.2) is 15.0 Å². The van der Waals surface area contributed by atoms with E-state index in [-0.39, 0.29) is 0 Å². The van der Waals surface area contributed by atoms with Crippen molar-refractivity contribution >= 4 is 43.9 Å². The van der Waals surface area contributed by atoms with Crippen molar-refractivity contribution in [2.45, 2.75) is 0 Å². The van der Waals surface area contributed by atoms with E-state index in [2.05, 4.69) is 60.7 Å². The van der Waals surface area contributed by atoms with Crippen molar-refractivity contribution in [3.05, 3.63) is 164 Å². The van der Waals surface area contributed by atoms with E-state index >= 15 is 0 Å². The van der Waals surface area contributed by atoms with Crippen molar-refractivity contribution in [3.8, 4) is 56.4 Å². The Hall–Kier alpha value is -6.85. The lowest BCUT2D eigenvalue weighted by Gasteiger charge is -2.10. The molecule has 5 nitrogen and oxygen atoms in total. The van der Waals surface area contributed by atoms with Crippen molar-refractivity contribution in [3.63, 3.8) is 0 Å². The Labute approximate surface area is 287 Å². The molecule has 0 amide bonds. The first-order chi connectivity index (χ1) is 24.8. The van der Waals surface area contributed by atoms with Gasteiger partial charge in [-0.3, -0.25) is 0 Å². The lowest BCUT2D eigenvalue weighted by Crippen LogP contribution is -2.00. The van der Waals surface area contributed by atoms with Crippen LogP contribution in [0.25, 0.3) is 100 Å². The molecule has 10 rings (SSSR count). The van der Waals surface area contributed by atoms with Gasteiger partial charge in [0.15, 0.2) is 17.5 Å². The van der Waals surface area contributed by atoms with Gasteiger partial charge in [0.25, 0.3) is 0 Å². The Balaban J connectivity index is 1.16. The van der Waals surface area contributed by atoms with Gasteiger partial charge < -0.3 is 8.83 Å². The van der Waals surface area contributed by atoms with Gasteiger partial charge in [0.1, 0.15) is 22.3 Å². The van der Waals surface area contributed by atoms with E-state index < -0.39 is 0 Å². The van der Waals surface area contributed by atoms with Crippen molar-refractivity contribution < 1.29 is 8.83 Å². The van der Waals surface area contributed by atoms with Crippen LogP contribution in [-0.4, -0.2) is 15.0 Å². The molecule has 7 aromatic carbocycles. The van der Waals surface area contributed by atoms with Crippen LogP contribution in [0.5, 0.6) is 0 Å². The van der Waals surface area contributed by atoms with E-state index in [0.717, 1.165) is 82.8 Å². The normalized spacial score (nSPS) is 11.6. The number of aromatic nitrogens is 3. The largest absolute Gasteiger partial charge is 0.456 e. The Morgan fingerprint density at radius 3 is 1.78 bits per heavy atom. The molecule has 0 saturated carbocycles. The Morgan fingerprint density at radius 1 is 0.320 bits per heavy atom. The summed E-state index contributed by atoms with van der Waals surface area (Å²) < 4.78 is 12.9. The fourth-order valence-corrected chi connectivity index (χ4v) is 6.97. The van der Waals surface area contributed by atoms with Crippen LogP contribution >= 0.6 is 0 Å². The Kier molecular flexibility index (Phi) is 6.42. The quantitative estimate of drug-likeness (QED) is 0.187. The summed E-state index contributed by atoms with van der Waals surface area (Å²) in [6.45, 7) is 0. The van der Waals surface area contributed by atoms with Crippen molar-refractivity contribution in [1.29, 1.82) is 0 Å². The minimum absolute atomic E-state index is 0.550. The monoisotopic (exact) mass is 641 g/mol. The summed E-state index contributed by atoms with van der Waals surface area (Å²) in [5.41, 5.74) is 10.2. The molecule has 0 aliphatic heterocycles. The zero-order chi connectivity index (χ0) is 33.0. The molecule has 234 valence electrons. The molecule has 0 saturated heterocycles. The number of furan rings is 2. The number of para-hydroxylation sites is 2. The second-order valence-electron chi connectivity index (χ2n) is 12.4. The summed E-state index contributed by atoms with van der Waals surface area (Å²) in [5, 5.41) is 4.24. The maximum Gasteiger partial charge on any atom is 0.167 e. The maximum absolute atomic E-state index is 6.68. The number of benzene rings is 7. The molecule has 5 heteroatoms. The third-order valence-corrected chi connectivity index (χ3v) is 9.35. The number of nitrogens with zero attached hydrogens (tertiary/aromatic N) is 3. The highest BCUT2D eigenvalue weighted by Gasteiger charge is 2.20. The van der Waals surface area contributed by atoms with Crippen LogP contribution in [-0.2, 0) is 0 Å². The van der Waals surface area contributed by atoms with E-state index in [1.54, 1.807) is 0 Å². The molecule has 50 heavy (non-hydrogen) atoms. The first kappa shape index (κ1) is 28.2. The number of hydrogen-bond acceptors (Lipinski definition) is 5. The van der Waals surface area contributed by atoms with Crippen LogP contribution in [0, 0.1) is 0 Å². The maximum atomic E-state index is 6.68. The highest BCUT2D eigenvalue weighted by molar-refractivity contribution is 6.16. The molecule has 0 aliphatic carbocycles. The predicted octanol–water partition coefficient (Wildman–Crippen LogP) is 12.0. The molecular formula is C45H27N3O2. The predicted molar refractivity (Wildman–Crippen MR) is 202 cm³/mol. The van der Waals surface area contributed by atoms with Gasteiger partial charge in [-0.1, -0.05) is 127 Å². The standard InChI is InChI=1S/C45H27N3O2/c1-3-12-28(13-4-1)30-16-9-17-32(26-30)44-46-43(29-14-5-2-6-15-29)47-45(48-44)37-21-10-20-36-41-33(19-11-23-39(41)50-42(36)37)31-24-25-35-34-18-7-8-22-38(34)49-40(35)27-31/h1-27H. The Bertz CT molecular complexity index is 2870. The average molecular weight is 642 g/mol. The zero-order valence-corrected chi connectivity index (χ0v) is 26.7. The van der Waals surface area contributed by atoms with Crippen LogP contribution < -0.4 is 0 Å². The third kappa shape index (κ3) is 4.67. The van der Waals surface area contributed by atoms with Gasteiger partial charge in [0, 0.05) is 32.7 Å². The minimum atomic E-state index is 0.550. The van der Waals surface area contributed by atoms with E-state index in [4.69, 9.17) is 23.8 Å². The highest BCUT2D eigenvalue weighted by atomic mass is 16.3. The molecule has 3 aromatic heterocycles. The summed E-state index contributed by atoms with van der Waals surface area (Å²) in [6, 6.07) is 55.7. The van der Waals surface area contributed by atoms with Gasteiger partial charge in [-0.15, -0.1) is 0 Å².